The van der Waals surface area contributed by atoms with Gasteiger partial charge in [0.05, 0.1) is 13.5 Å². The molecule has 3 N–H and O–H groups in total. The quantitative estimate of drug-likeness (QED) is 0.845. The first kappa shape index (κ1) is 12.6. The predicted octanol–water partition coefficient (Wildman–Crippen LogP) is 2.35. The molecule has 16 heavy (non-hydrogen) atoms. The Hall–Kier alpha value is -1.43. The van der Waals surface area contributed by atoms with Gasteiger partial charge in [-0.15, -0.1) is 0 Å². The Balaban J connectivity index is 2.95. The van der Waals surface area contributed by atoms with Crippen LogP contribution in [-0.2, 0) is 0 Å². The summed E-state index contributed by atoms with van der Waals surface area (Å²) in [5.41, 5.74) is 5.39. The maximum absolute atomic E-state index is 12.1. The topological polar surface area (TPSA) is 55.5 Å². The third-order valence-electron chi connectivity index (χ3n) is 2.10. The van der Waals surface area contributed by atoms with E-state index >= 15 is 0 Å². The molecule has 0 saturated heterocycles. The number of benzene rings is 1. The van der Waals surface area contributed by atoms with Crippen molar-refractivity contribution in [3.05, 3.63) is 23.8 Å². The van der Waals surface area contributed by atoms with Crippen molar-refractivity contribution in [2.24, 2.45) is 5.73 Å². The van der Waals surface area contributed by atoms with Crippen molar-refractivity contribution in [1.29, 1.82) is 0 Å². The Bertz CT molecular complexity index is 366. The monoisotopic (exact) mass is 235 g/mol. The number of para-hydroxylation sites is 1. The molecule has 0 unspecified atom stereocenters. The third-order valence-corrected chi connectivity index (χ3v) is 2.10. The maximum atomic E-state index is 12.1. The van der Waals surface area contributed by atoms with Gasteiger partial charge in [0, 0.05) is 11.6 Å². The van der Waals surface area contributed by atoms with Gasteiger partial charge in [0.15, 0.2) is 11.5 Å². The summed E-state index contributed by atoms with van der Waals surface area (Å²) in [7, 11) is 1.31. The lowest BCUT2D eigenvalue weighted by Crippen LogP contribution is -2.20. The van der Waals surface area contributed by atoms with E-state index in [1.165, 1.54) is 25.3 Å². The average molecular weight is 235 g/mol. The maximum Gasteiger partial charge on any atom is 0.390 e. The Kier molecular flexibility index (Phi) is 3.64. The van der Waals surface area contributed by atoms with E-state index in [0.717, 1.165) is 0 Å². The number of rotatable bonds is 3. The van der Waals surface area contributed by atoms with E-state index in [2.05, 4.69) is 0 Å². The summed E-state index contributed by atoms with van der Waals surface area (Å²) < 4.78 is 41.1. The van der Waals surface area contributed by atoms with Gasteiger partial charge in [-0.2, -0.15) is 13.2 Å². The number of halogens is 3. The fourth-order valence-corrected chi connectivity index (χ4v) is 1.36. The number of methoxy groups -OCH3 is 1. The van der Waals surface area contributed by atoms with Crippen molar-refractivity contribution in [2.75, 3.05) is 7.11 Å². The van der Waals surface area contributed by atoms with Gasteiger partial charge in [0.25, 0.3) is 0 Å². The Labute approximate surface area is 90.6 Å². The summed E-state index contributed by atoms with van der Waals surface area (Å²) in [6, 6.07) is 2.97. The van der Waals surface area contributed by atoms with Crippen LogP contribution < -0.4 is 10.5 Å². The number of nitrogens with two attached hydrogens (primary N) is 1. The van der Waals surface area contributed by atoms with Crippen molar-refractivity contribution >= 4 is 0 Å². The smallest absolute Gasteiger partial charge is 0.390 e. The number of hydrogen-bond acceptors (Lipinski definition) is 3. The highest BCUT2D eigenvalue weighted by molar-refractivity contribution is 5.46. The highest BCUT2D eigenvalue weighted by atomic mass is 19.4. The molecule has 90 valence electrons. The van der Waals surface area contributed by atoms with Gasteiger partial charge in [-0.3, -0.25) is 0 Å². The molecule has 1 atom stereocenters. The molecule has 0 amide bonds. The van der Waals surface area contributed by atoms with Gasteiger partial charge in [0.1, 0.15) is 0 Å². The molecule has 0 heterocycles. The minimum absolute atomic E-state index is 0.0247. The van der Waals surface area contributed by atoms with E-state index in [0.29, 0.717) is 0 Å². The first-order valence-corrected chi connectivity index (χ1v) is 4.53. The molecule has 0 aliphatic heterocycles. The number of ether oxygens (including phenoxy) is 1. The van der Waals surface area contributed by atoms with Crippen molar-refractivity contribution < 1.29 is 23.0 Å². The number of aromatic hydroxyl groups is 1. The van der Waals surface area contributed by atoms with Gasteiger partial charge >= 0.3 is 6.18 Å². The van der Waals surface area contributed by atoms with Crippen molar-refractivity contribution in [2.45, 2.75) is 18.6 Å². The number of phenolic OH excluding ortho intramolecular Hbond substituents is 1. The molecular weight excluding hydrogens is 223 g/mol. The minimum atomic E-state index is -4.37. The zero-order chi connectivity index (χ0) is 12.3. The van der Waals surface area contributed by atoms with Gasteiger partial charge in [-0.25, -0.2) is 0 Å². The second-order valence-electron chi connectivity index (χ2n) is 3.32. The van der Waals surface area contributed by atoms with E-state index in [-0.39, 0.29) is 17.1 Å². The molecule has 0 aliphatic rings. The van der Waals surface area contributed by atoms with E-state index in [4.69, 9.17) is 10.5 Å². The molecule has 0 bridgehead atoms. The lowest BCUT2D eigenvalue weighted by atomic mass is 10.0. The van der Waals surface area contributed by atoms with E-state index in [1.807, 2.05) is 0 Å². The molecule has 1 rings (SSSR count). The van der Waals surface area contributed by atoms with E-state index < -0.39 is 18.6 Å². The van der Waals surface area contributed by atoms with Crippen LogP contribution in [-0.4, -0.2) is 18.4 Å². The molecule has 0 aliphatic carbocycles. The van der Waals surface area contributed by atoms with Crippen LogP contribution in [0, 0.1) is 0 Å². The Morgan fingerprint density at radius 3 is 2.56 bits per heavy atom. The highest BCUT2D eigenvalue weighted by Gasteiger charge is 2.32. The number of phenols is 1. The summed E-state index contributed by atoms with van der Waals surface area (Å²) in [6.45, 7) is 0. The summed E-state index contributed by atoms with van der Waals surface area (Å²) in [5, 5.41) is 9.58. The highest BCUT2D eigenvalue weighted by Crippen LogP contribution is 2.36. The van der Waals surface area contributed by atoms with Crippen LogP contribution in [0.15, 0.2) is 18.2 Å². The fraction of sp³-hybridized carbons (Fsp3) is 0.400. The SMILES string of the molecule is COc1cccc([C@@H](N)CC(F)(F)F)c1O. The van der Waals surface area contributed by atoms with Crippen molar-refractivity contribution in [1.82, 2.24) is 0 Å². The largest absolute Gasteiger partial charge is 0.504 e. The average Bonchev–Trinajstić information content (AvgIpc) is 2.15. The summed E-state index contributed by atoms with van der Waals surface area (Å²) >= 11 is 0. The number of hydrogen-bond donors (Lipinski definition) is 2. The van der Waals surface area contributed by atoms with Crippen LogP contribution >= 0.6 is 0 Å². The van der Waals surface area contributed by atoms with Crippen LogP contribution in [0.4, 0.5) is 13.2 Å². The second-order valence-corrected chi connectivity index (χ2v) is 3.32. The summed E-state index contributed by atoms with van der Waals surface area (Å²) in [6.07, 6.45) is -5.55. The zero-order valence-corrected chi connectivity index (χ0v) is 8.58. The number of alkyl halides is 3. The molecular formula is C10H12F3NO2. The molecule has 0 aromatic heterocycles. The molecule has 0 spiro atoms. The standard InChI is InChI=1S/C10H12F3NO2/c1-16-8-4-2-3-6(9(8)15)7(14)5-10(11,12)13/h2-4,7,15H,5,14H2,1H3/t7-/m0/s1. The molecule has 0 radical (unpaired) electrons. The Morgan fingerprint density at radius 1 is 1.44 bits per heavy atom. The zero-order valence-electron chi connectivity index (χ0n) is 8.58. The lowest BCUT2D eigenvalue weighted by Gasteiger charge is -2.16. The summed E-state index contributed by atoms with van der Waals surface area (Å²) in [5.74, 6) is -0.239. The molecule has 1 aromatic rings. The van der Waals surface area contributed by atoms with Crippen LogP contribution in [0.1, 0.15) is 18.0 Å². The first-order chi connectivity index (χ1) is 7.35. The van der Waals surface area contributed by atoms with Crippen LogP contribution in [0.3, 0.4) is 0 Å². The first-order valence-electron chi connectivity index (χ1n) is 4.53. The molecule has 1 aromatic carbocycles. The van der Waals surface area contributed by atoms with E-state index in [1.54, 1.807) is 0 Å². The van der Waals surface area contributed by atoms with Crippen molar-refractivity contribution in [3.8, 4) is 11.5 Å². The Morgan fingerprint density at radius 2 is 2.06 bits per heavy atom. The second kappa shape index (κ2) is 4.61. The van der Waals surface area contributed by atoms with Crippen LogP contribution in [0.2, 0.25) is 0 Å². The van der Waals surface area contributed by atoms with Crippen molar-refractivity contribution in [3.63, 3.8) is 0 Å². The van der Waals surface area contributed by atoms with Crippen LogP contribution in [0.25, 0.3) is 0 Å². The third kappa shape index (κ3) is 3.03. The van der Waals surface area contributed by atoms with E-state index in [9.17, 15) is 18.3 Å². The van der Waals surface area contributed by atoms with Gasteiger partial charge in [-0.1, -0.05) is 12.1 Å². The predicted molar refractivity (Wildman–Crippen MR) is 52.3 cm³/mol. The minimum Gasteiger partial charge on any atom is -0.504 e. The molecule has 3 nitrogen and oxygen atoms in total. The van der Waals surface area contributed by atoms with Gasteiger partial charge in [-0.05, 0) is 6.07 Å². The summed E-state index contributed by atoms with van der Waals surface area (Å²) in [4.78, 5) is 0. The lowest BCUT2D eigenvalue weighted by molar-refractivity contribution is -0.138. The van der Waals surface area contributed by atoms with Gasteiger partial charge < -0.3 is 15.6 Å². The molecule has 6 heteroatoms. The van der Waals surface area contributed by atoms with Crippen LogP contribution in [0.5, 0.6) is 11.5 Å². The normalized spacial score (nSPS) is 13.6. The molecule has 0 saturated carbocycles. The molecule has 0 fully saturated rings. The van der Waals surface area contributed by atoms with Gasteiger partial charge in [0.2, 0.25) is 0 Å². The fourth-order valence-electron chi connectivity index (χ4n) is 1.36.